The van der Waals surface area contributed by atoms with Gasteiger partial charge in [0.1, 0.15) is 18.9 Å². The van der Waals surface area contributed by atoms with Crippen LogP contribution >= 0.6 is 0 Å². The molecule has 0 amide bonds. The van der Waals surface area contributed by atoms with Crippen LogP contribution in [0.3, 0.4) is 0 Å². The first kappa shape index (κ1) is 18.6. The van der Waals surface area contributed by atoms with Gasteiger partial charge in [0.15, 0.2) is 5.65 Å². The number of anilines is 2. The number of hydrogen-bond donors (Lipinski definition) is 0. The molecule has 152 valence electrons. The summed E-state index contributed by atoms with van der Waals surface area (Å²) in [5, 5.41) is 4.74. The molecule has 0 bridgehead atoms. The van der Waals surface area contributed by atoms with Crippen LogP contribution in [0.1, 0.15) is 19.0 Å². The molecule has 6 heteroatoms. The third-order valence-electron chi connectivity index (χ3n) is 5.73. The van der Waals surface area contributed by atoms with Gasteiger partial charge in [-0.1, -0.05) is 49.7 Å². The van der Waals surface area contributed by atoms with Crippen LogP contribution in [0.5, 0.6) is 0 Å². The van der Waals surface area contributed by atoms with E-state index in [2.05, 4.69) is 64.2 Å². The molecule has 4 heterocycles. The van der Waals surface area contributed by atoms with Crippen molar-refractivity contribution in [2.24, 2.45) is 0 Å². The van der Waals surface area contributed by atoms with Crippen molar-refractivity contribution >= 4 is 17.3 Å². The van der Waals surface area contributed by atoms with E-state index in [9.17, 15) is 0 Å². The first-order valence-corrected chi connectivity index (χ1v) is 10.7. The molecule has 0 radical (unpaired) electrons. The lowest BCUT2D eigenvalue weighted by Crippen LogP contribution is -2.48. The standard InChI is InChI=1S/C24H26N6/c1-2-8-20-17-23(29-15-13-28(14-16-29)22-11-6-7-12-25-22)30-24(27-20)21(18-26-30)19-9-4-3-5-10-19/h3-7,9-12,17-18H,2,8,13-16H2,1H3/p+1. The highest BCUT2D eigenvalue weighted by Gasteiger charge is 2.25. The highest BCUT2D eigenvalue weighted by molar-refractivity contribution is 5.78. The van der Waals surface area contributed by atoms with Gasteiger partial charge in [0.05, 0.1) is 25.5 Å². The molecule has 4 aromatic rings. The Morgan fingerprint density at radius 1 is 0.933 bits per heavy atom. The van der Waals surface area contributed by atoms with Gasteiger partial charge < -0.3 is 4.90 Å². The summed E-state index contributed by atoms with van der Waals surface area (Å²) in [4.78, 5) is 13.2. The molecule has 3 aromatic heterocycles. The predicted octanol–water partition coefficient (Wildman–Crippen LogP) is 3.49. The number of H-pyrrole nitrogens is 1. The maximum absolute atomic E-state index is 4.98. The lowest BCUT2D eigenvalue weighted by molar-refractivity contribution is -0.364. The largest absolute Gasteiger partial charge is 0.349 e. The maximum Gasteiger partial charge on any atom is 0.274 e. The van der Waals surface area contributed by atoms with Crippen molar-refractivity contribution in [2.75, 3.05) is 36.0 Å². The number of hydrogen-bond acceptors (Lipinski definition) is 4. The molecule has 1 aliphatic heterocycles. The average Bonchev–Trinajstić information content (AvgIpc) is 3.24. The third-order valence-corrected chi connectivity index (χ3v) is 5.73. The molecule has 30 heavy (non-hydrogen) atoms. The maximum atomic E-state index is 4.98. The molecular weight excluding hydrogens is 372 g/mol. The average molecular weight is 400 g/mol. The number of rotatable bonds is 5. The van der Waals surface area contributed by atoms with E-state index >= 15 is 0 Å². The molecule has 1 aliphatic rings. The molecule has 0 unspecified atom stereocenters. The predicted molar refractivity (Wildman–Crippen MR) is 120 cm³/mol. The molecule has 1 N–H and O–H groups in total. The summed E-state index contributed by atoms with van der Waals surface area (Å²) in [5.74, 6) is 2.32. The zero-order valence-electron chi connectivity index (χ0n) is 17.3. The van der Waals surface area contributed by atoms with Gasteiger partial charge >= 0.3 is 0 Å². The summed E-state index contributed by atoms with van der Waals surface area (Å²) in [6.07, 6.45) is 5.99. The van der Waals surface area contributed by atoms with Crippen LogP contribution in [0.15, 0.2) is 67.0 Å². The minimum atomic E-state index is 0.945. The Kier molecular flexibility index (Phi) is 5.05. The normalized spacial score (nSPS) is 14.4. The van der Waals surface area contributed by atoms with Crippen LogP contribution in [-0.4, -0.2) is 40.8 Å². The second-order valence-electron chi connectivity index (χ2n) is 7.74. The molecule has 0 spiro atoms. The lowest BCUT2D eigenvalue weighted by Gasteiger charge is -2.32. The summed E-state index contributed by atoms with van der Waals surface area (Å²) in [5.41, 5.74) is 4.33. The fourth-order valence-electron chi connectivity index (χ4n) is 4.18. The van der Waals surface area contributed by atoms with Crippen molar-refractivity contribution < 1.29 is 4.98 Å². The fraction of sp³-hybridized carbons (Fsp3) is 0.292. The van der Waals surface area contributed by atoms with Gasteiger partial charge in [0.25, 0.3) is 5.82 Å². The van der Waals surface area contributed by atoms with E-state index in [-0.39, 0.29) is 0 Å². The van der Waals surface area contributed by atoms with Crippen molar-refractivity contribution in [1.82, 2.24) is 14.6 Å². The first-order chi connectivity index (χ1) is 14.8. The van der Waals surface area contributed by atoms with Crippen molar-refractivity contribution in [1.29, 1.82) is 0 Å². The highest BCUT2D eigenvalue weighted by atomic mass is 15.4. The van der Waals surface area contributed by atoms with Crippen molar-refractivity contribution in [3.05, 3.63) is 72.7 Å². The minimum absolute atomic E-state index is 0.945. The van der Waals surface area contributed by atoms with E-state index in [4.69, 9.17) is 10.1 Å². The van der Waals surface area contributed by atoms with E-state index in [0.717, 1.165) is 67.3 Å². The van der Waals surface area contributed by atoms with Gasteiger partial charge in [-0.05, 0) is 18.1 Å². The van der Waals surface area contributed by atoms with Crippen LogP contribution in [0.25, 0.3) is 16.8 Å². The van der Waals surface area contributed by atoms with Crippen LogP contribution in [-0.2, 0) is 6.42 Å². The highest BCUT2D eigenvalue weighted by Crippen LogP contribution is 2.28. The second kappa shape index (κ2) is 8.14. The lowest BCUT2D eigenvalue weighted by atomic mass is 10.1. The van der Waals surface area contributed by atoms with E-state index in [1.807, 2.05) is 29.0 Å². The fourth-order valence-corrected chi connectivity index (χ4v) is 4.18. The zero-order chi connectivity index (χ0) is 20.3. The van der Waals surface area contributed by atoms with Gasteiger partial charge in [-0.3, -0.25) is 4.90 Å². The molecule has 0 saturated carbocycles. The molecule has 6 nitrogen and oxygen atoms in total. The van der Waals surface area contributed by atoms with Gasteiger partial charge in [-0.2, -0.15) is 9.61 Å². The Hall–Kier alpha value is -3.41. The number of aryl methyl sites for hydroxylation is 1. The molecule has 0 atom stereocenters. The Labute approximate surface area is 176 Å². The number of nitrogens with one attached hydrogen (secondary N) is 1. The summed E-state index contributed by atoms with van der Waals surface area (Å²) in [6.45, 7) is 6.05. The molecule has 1 aromatic carbocycles. The molecule has 0 aliphatic carbocycles. The Morgan fingerprint density at radius 3 is 2.43 bits per heavy atom. The van der Waals surface area contributed by atoms with E-state index in [0.29, 0.717) is 0 Å². The van der Waals surface area contributed by atoms with E-state index in [1.54, 1.807) is 0 Å². The smallest absolute Gasteiger partial charge is 0.274 e. The topological polar surface area (TPSA) is 50.8 Å². The van der Waals surface area contributed by atoms with Crippen molar-refractivity contribution in [2.45, 2.75) is 19.8 Å². The van der Waals surface area contributed by atoms with Gasteiger partial charge in [0.2, 0.25) is 0 Å². The number of nitrogens with zero attached hydrogens (tertiary/aromatic N) is 5. The number of fused-ring (bicyclic) bond motifs is 1. The van der Waals surface area contributed by atoms with Crippen LogP contribution in [0, 0.1) is 0 Å². The molecule has 1 saturated heterocycles. The monoisotopic (exact) mass is 399 g/mol. The number of pyridine rings is 1. The summed E-state index contributed by atoms with van der Waals surface area (Å²) in [7, 11) is 0. The van der Waals surface area contributed by atoms with Crippen molar-refractivity contribution in [3.8, 4) is 11.1 Å². The second-order valence-corrected chi connectivity index (χ2v) is 7.74. The minimum Gasteiger partial charge on any atom is -0.349 e. The number of aromatic amines is 1. The quantitative estimate of drug-likeness (QED) is 0.516. The van der Waals surface area contributed by atoms with Gasteiger partial charge in [0, 0.05) is 23.4 Å². The number of aromatic nitrogens is 4. The molecule has 5 rings (SSSR count). The van der Waals surface area contributed by atoms with Gasteiger partial charge in [-0.25, -0.2) is 9.97 Å². The Balaban J connectivity index is 1.49. The molecule has 1 fully saturated rings. The number of piperazine rings is 1. The van der Waals surface area contributed by atoms with Crippen molar-refractivity contribution in [3.63, 3.8) is 0 Å². The van der Waals surface area contributed by atoms with Gasteiger partial charge in [-0.15, -0.1) is 0 Å². The van der Waals surface area contributed by atoms with Crippen LogP contribution in [0.4, 0.5) is 11.6 Å². The summed E-state index contributed by atoms with van der Waals surface area (Å²) >= 11 is 0. The summed E-state index contributed by atoms with van der Waals surface area (Å²) in [6, 6.07) is 18.9. The SMILES string of the molecule is CCCc1cc(N2CCN(c3cccc[nH+]3)CC2)n2ncc(-c3ccccc3)c2n1. The van der Waals surface area contributed by atoms with Crippen LogP contribution in [0.2, 0.25) is 0 Å². The molecular formula is C24H27N6+. The Morgan fingerprint density at radius 2 is 1.70 bits per heavy atom. The Bertz CT molecular complexity index is 1110. The van der Waals surface area contributed by atoms with Crippen LogP contribution < -0.4 is 14.8 Å². The summed E-state index contributed by atoms with van der Waals surface area (Å²) < 4.78 is 2.02. The first-order valence-electron chi connectivity index (χ1n) is 10.7. The van der Waals surface area contributed by atoms with E-state index in [1.165, 1.54) is 5.82 Å². The zero-order valence-corrected chi connectivity index (χ0v) is 17.3. The van der Waals surface area contributed by atoms with E-state index < -0.39 is 0 Å². The number of benzene rings is 1. The third kappa shape index (κ3) is 3.49.